The summed E-state index contributed by atoms with van der Waals surface area (Å²) in [6, 6.07) is 6.17. The predicted octanol–water partition coefficient (Wildman–Crippen LogP) is 3.82. The summed E-state index contributed by atoms with van der Waals surface area (Å²) in [4.78, 5) is 18.8. The molecule has 1 saturated heterocycles. The Bertz CT molecular complexity index is 742. The lowest BCUT2D eigenvalue weighted by atomic mass is 9.84. The van der Waals surface area contributed by atoms with Gasteiger partial charge in [-0.2, -0.15) is 0 Å². The van der Waals surface area contributed by atoms with Crippen molar-refractivity contribution >= 4 is 23.3 Å². The number of likely N-dealkylation sites (tertiary alicyclic amines) is 1. The van der Waals surface area contributed by atoms with Crippen molar-refractivity contribution in [3.8, 4) is 0 Å². The molecule has 0 bridgehead atoms. The van der Waals surface area contributed by atoms with Gasteiger partial charge in [0.1, 0.15) is 5.76 Å². The van der Waals surface area contributed by atoms with Crippen LogP contribution >= 0.6 is 11.3 Å². The number of hydrogen-bond acceptors (Lipinski definition) is 4. The van der Waals surface area contributed by atoms with Crippen molar-refractivity contribution < 1.29 is 9.21 Å². The Morgan fingerprint density at radius 2 is 2.12 bits per heavy atom. The van der Waals surface area contributed by atoms with E-state index in [0.29, 0.717) is 5.92 Å². The molecule has 0 aliphatic carbocycles. The van der Waals surface area contributed by atoms with E-state index in [1.54, 1.807) is 18.4 Å². The zero-order valence-corrected chi connectivity index (χ0v) is 15.4. The van der Waals surface area contributed by atoms with E-state index in [1.807, 2.05) is 23.5 Å². The lowest BCUT2D eigenvalue weighted by Crippen LogP contribution is -2.44. The molecule has 132 valence electrons. The highest BCUT2D eigenvalue weighted by molar-refractivity contribution is 7.10. The number of fused-ring (bicyclic) bond motifs is 1. The zero-order valence-electron chi connectivity index (χ0n) is 14.6. The predicted molar refractivity (Wildman–Crippen MR) is 100 cm³/mol. The standard InChI is InChI=1S/C20H24N2O2S/c1-21-10-6-15(7-11-21)19-20-16(9-14-25-20)8-12-22(19)18(23)5-4-17-3-2-13-24-17/h2-5,9,13-15,19H,6-8,10-12H2,1H3. The number of hydrogen-bond donors (Lipinski definition) is 0. The monoisotopic (exact) mass is 356 g/mol. The Morgan fingerprint density at radius 1 is 1.28 bits per heavy atom. The zero-order chi connectivity index (χ0) is 17.2. The Hall–Kier alpha value is -1.85. The molecule has 2 aromatic rings. The van der Waals surface area contributed by atoms with Gasteiger partial charge in [0.05, 0.1) is 12.3 Å². The van der Waals surface area contributed by atoms with Crippen LogP contribution in [0.15, 0.2) is 40.3 Å². The highest BCUT2D eigenvalue weighted by Gasteiger charge is 2.37. The van der Waals surface area contributed by atoms with Crippen molar-refractivity contribution in [1.29, 1.82) is 0 Å². The Labute approximate surface area is 152 Å². The molecule has 1 fully saturated rings. The molecule has 0 spiro atoms. The number of amides is 1. The van der Waals surface area contributed by atoms with Crippen LogP contribution in [0.3, 0.4) is 0 Å². The van der Waals surface area contributed by atoms with Gasteiger partial charge in [-0.1, -0.05) is 0 Å². The van der Waals surface area contributed by atoms with Crippen molar-refractivity contribution in [2.45, 2.75) is 25.3 Å². The highest BCUT2D eigenvalue weighted by Crippen LogP contribution is 2.42. The fourth-order valence-electron chi connectivity index (χ4n) is 4.03. The van der Waals surface area contributed by atoms with Crippen molar-refractivity contribution in [2.75, 3.05) is 26.7 Å². The maximum Gasteiger partial charge on any atom is 0.247 e. The van der Waals surface area contributed by atoms with Crippen LogP contribution in [0.2, 0.25) is 0 Å². The fraction of sp³-hybridized carbons (Fsp3) is 0.450. The van der Waals surface area contributed by atoms with Crippen LogP contribution in [0.25, 0.3) is 6.08 Å². The molecule has 2 aliphatic rings. The van der Waals surface area contributed by atoms with E-state index >= 15 is 0 Å². The smallest absolute Gasteiger partial charge is 0.247 e. The number of piperidine rings is 1. The Balaban J connectivity index is 1.58. The summed E-state index contributed by atoms with van der Waals surface area (Å²) in [5, 5.41) is 2.18. The summed E-state index contributed by atoms with van der Waals surface area (Å²) in [5.41, 5.74) is 1.44. The van der Waals surface area contributed by atoms with Crippen LogP contribution in [-0.2, 0) is 11.2 Å². The van der Waals surface area contributed by atoms with Crippen LogP contribution in [0.5, 0.6) is 0 Å². The van der Waals surface area contributed by atoms with Crippen LogP contribution < -0.4 is 0 Å². The summed E-state index contributed by atoms with van der Waals surface area (Å²) in [5.74, 6) is 1.37. The minimum absolute atomic E-state index is 0.0966. The molecule has 4 rings (SSSR count). The average molecular weight is 356 g/mol. The average Bonchev–Trinajstić information content (AvgIpc) is 3.31. The number of carbonyl (C=O) groups is 1. The van der Waals surface area contributed by atoms with Crippen LogP contribution in [0, 0.1) is 5.92 Å². The fourth-order valence-corrected chi connectivity index (χ4v) is 5.19. The highest BCUT2D eigenvalue weighted by atomic mass is 32.1. The Morgan fingerprint density at radius 3 is 2.88 bits per heavy atom. The molecule has 0 aromatic carbocycles. The first kappa shape index (κ1) is 16.6. The maximum absolute atomic E-state index is 12.9. The van der Waals surface area contributed by atoms with Gasteiger partial charge in [-0.3, -0.25) is 4.79 Å². The van der Waals surface area contributed by atoms with Gasteiger partial charge in [0, 0.05) is 17.5 Å². The Kier molecular flexibility index (Phi) is 4.77. The summed E-state index contributed by atoms with van der Waals surface area (Å²) < 4.78 is 5.31. The summed E-state index contributed by atoms with van der Waals surface area (Å²) in [6.45, 7) is 3.04. The number of nitrogens with zero attached hydrogens (tertiary/aromatic N) is 2. The van der Waals surface area contributed by atoms with Gasteiger partial charge >= 0.3 is 0 Å². The van der Waals surface area contributed by atoms with Crippen LogP contribution in [-0.4, -0.2) is 42.4 Å². The number of rotatable bonds is 3. The summed E-state index contributed by atoms with van der Waals surface area (Å²) >= 11 is 1.81. The van der Waals surface area contributed by atoms with Crippen molar-refractivity contribution in [1.82, 2.24) is 9.80 Å². The second-order valence-electron chi connectivity index (χ2n) is 7.03. The van der Waals surface area contributed by atoms with Gasteiger partial charge in [-0.05, 0) is 80.5 Å². The third-order valence-corrected chi connectivity index (χ3v) is 6.46. The van der Waals surface area contributed by atoms with E-state index in [-0.39, 0.29) is 11.9 Å². The van der Waals surface area contributed by atoms with Crippen LogP contribution in [0.1, 0.15) is 35.1 Å². The lowest BCUT2D eigenvalue weighted by Gasteiger charge is -2.42. The molecule has 1 amide bonds. The quantitative estimate of drug-likeness (QED) is 0.785. The SMILES string of the molecule is CN1CCC(C2c3sccc3CCN2C(=O)C=Cc2ccco2)CC1. The molecule has 4 nitrogen and oxygen atoms in total. The molecule has 2 aliphatic heterocycles. The molecule has 0 saturated carbocycles. The van der Waals surface area contributed by atoms with E-state index in [1.165, 1.54) is 10.4 Å². The number of furan rings is 1. The van der Waals surface area contributed by atoms with E-state index < -0.39 is 0 Å². The van der Waals surface area contributed by atoms with Crippen molar-refractivity contribution in [3.05, 3.63) is 52.1 Å². The van der Waals surface area contributed by atoms with Gasteiger partial charge < -0.3 is 14.2 Å². The molecule has 1 unspecified atom stereocenters. The molecular weight excluding hydrogens is 332 g/mol. The van der Waals surface area contributed by atoms with Gasteiger partial charge in [0.2, 0.25) is 5.91 Å². The van der Waals surface area contributed by atoms with Crippen molar-refractivity contribution in [3.63, 3.8) is 0 Å². The molecule has 25 heavy (non-hydrogen) atoms. The van der Waals surface area contributed by atoms with Crippen LogP contribution in [0.4, 0.5) is 0 Å². The normalized spacial score (nSPS) is 22.4. The first-order valence-corrected chi connectivity index (χ1v) is 9.87. The third-order valence-electron chi connectivity index (χ3n) is 5.43. The first-order chi connectivity index (χ1) is 12.2. The van der Waals surface area contributed by atoms with Gasteiger partial charge in [-0.15, -0.1) is 11.3 Å². The largest absolute Gasteiger partial charge is 0.465 e. The molecule has 0 N–H and O–H groups in total. The van der Waals surface area contributed by atoms with Crippen molar-refractivity contribution in [2.24, 2.45) is 5.92 Å². The second-order valence-corrected chi connectivity index (χ2v) is 7.97. The minimum atomic E-state index is 0.0966. The molecule has 5 heteroatoms. The van der Waals surface area contributed by atoms with Gasteiger partial charge in [0.15, 0.2) is 0 Å². The number of thiophene rings is 1. The summed E-state index contributed by atoms with van der Waals surface area (Å²) in [6.07, 6.45) is 8.35. The summed E-state index contributed by atoms with van der Waals surface area (Å²) in [7, 11) is 2.18. The maximum atomic E-state index is 12.9. The number of carbonyl (C=O) groups excluding carboxylic acids is 1. The van der Waals surface area contributed by atoms with E-state index in [4.69, 9.17) is 4.42 Å². The van der Waals surface area contributed by atoms with E-state index in [0.717, 1.165) is 44.7 Å². The molecule has 1 atom stereocenters. The third kappa shape index (κ3) is 3.44. The first-order valence-electron chi connectivity index (χ1n) is 8.99. The lowest BCUT2D eigenvalue weighted by molar-refractivity contribution is -0.130. The van der Waals surface area contributed by atoms with Gasteiger partial charge in [-0.25, -0.2) is 0 Å². The van der Waals surface area contributed by atoms with Gasteiger partial charge in [0.25, 0.3) is 0 Å². The molecule has 0 radical (unpaired) electrons. The molecule has 4 heterocycles. The topological polar surface area (TPSA) is 36.7 Å². The van der Waals surface area contributed by atoms with E-state index in [9.17, 15) is 4.79 Å². The molecule has 2 aromatic heterocycles. The van der Waals surface area contributed by atoms with E-state index in [2.05, 4.69) is 28.3 Å². The second kappa shape index (κ2) is 7.18. The minimum Gasteiger partial charge on any atom is -0.465 e. The molecular formula is C20H24N2O2S.